The van der Waals surface area contributed by atoms with E-state index in [1.165, 1.54) is 0 Å². The maximum absolute atomic E-state index is 13.6. The number of nitrogens with one attached hydrogen (secondary N) is 1. The Hall–Kier alpha value is -3.52. The van der Waals surface area contributed by atoms with Crippen LogP contribution in [0, 0.1) is 5.92 Å². The quantitative estimate of drug-likeness (QED) is 0.435. The summed E-state index contributed by atoms with van der Waals surface area (Å²) in [6.45, 7) is 5.14. The number of carbonyl (C=O) groups excluding carboxylic acids is 2. The van der Waals surface area contributed by atoms with E-state index in [4.69, 9.17) is 21.1 Å². The zero-order chi connectivity index (χ0) is 27.1. The normalized spacial score (nSPS) is 15.2. The van der Waals surface area contributed by atoms with Gasteiger partial charge in [-0.2, -0.15) is 5.10 Å². The highest BCUT2D eigenvalue weighted by Crippen LogP contribution is 2.36. The van der Waals surface area contributed by atoms with Gasteiger partial charge >= 0.3 is 0 Å². The average molecular weight is 539 g/mol. The summed E-state index contributed by atoms with van der Waals surface area (Å²) in [5.41, 5.74) is 1.75. The summed E-state index contributed by atoms with van der Waals surface area (Å²) in [4.78, 5) is 28.4. The fourth-order valence-corrected chi connectivity index (χ4v) is 4.60. The van der Waals surface area contributed by atoms with Crippen molar-refractivity contribution in [3.63, 3.8) is 0 Å². The van der Waals surface area contributed by atoms with E-state index in [0.717, 1.165) is 37.8 Å². The Morgan fingerprint density at radius 1 is 1.05 bits per heavy atom. The molecule has 1 N–H and O–H groups in total. The van der Waals surface area contributed by atoms with Crippen LogP contribution in [0.3, 0.4) is 0 Å². The number of aryl methyl sites for hydroxylation is 1. The van der Waals surface area contributed by atoms with Gasteiger partial charge in [-0.25, -0.2) is 0 Å². The number of hydrogen-bond donors (Lipinski definition) is 1. The molecule has 0 saturated carbocycles. The minimum Gasteiger partial charge on any atom is -0.490 e. The summed E-state index contributed by atoms with van der Waals surface area (Å²) >= 11 is 6.25. The van der Waals surface area contributed by atoms with Crippen LogP contribution in [0.5, 0.6) is 17.2 Å². The smallest absolute Gasteiger partial charge is 0.272 e. The van der Waals surface area contributed by atoms with Gasteiger partial charge in [0.05, 0.1) is 18.0 Å². The number of fused-ring (bicyclic) bond motifs is 2. The number of aromatic nitrogens is 2. The SMILES string of the molecule is CC(C)Cc1cc(C(=O)N2CCCCCCOc3ccccc3Oc3ccc(Cl)cc3NC(=O)C2)n(C)n1. The van der Waals surface area contributed by atoms with Crippen LogP contribution in [0.15, 0.2) is 48.5 Å². The van der Waals surface area contributed by atoms with Gasteiger partial charge in [-0.15, -0.1) is 0 Å². The molecule has 0 bridgehead atoms. The Balaban J connectivity index is 1.59. The van der Waals surface area contributed by atoms with Crippen molar-refractivity contribution >= 4 is 29.1 Å². The van der Waals surface area contributed by atoms with Crippen molar-refractivity contribution in [3.8, 4) is 17.2 Å². The molecule has 9 heteroatoms. The molecule has 1 aliphatic heterocycles. The van der Waals surface area contributed by atoms with E-state index in [0.29, 0.717) is 52.7 Å². The first-order valence-electron chi connectivity index (χ1n) is 13.1. The van der Waals surface area contributed by atoms with Gasteiger partial charge in [-0.1, -0.05) is 50.4 Å². The van der Waals surface area contributed by atoms with E-state index < -0.39 is 0 Å². The number of anilines is 1. The zero-order valence-electron chi connectivity index (χ0n) is 22.2. The van der Waals surface area contributed by atoms with Gasteiger partial charge in [0.15, 0.2) is 17.2 Å². The van der Waals surface area contributed by atoms with Crippen molar-refractivity contribution < 1.29 is 19.1 Å². The molecular formula is C29H35ClN4O4. The maximum Gasteiger partial charge on any atom is 0.272 e. The molecule has 3 aromatic rings. The highest BCUT2D eigenvalue weighted by atomic mass is 35.5. The third-order valence-corrected chi connectivity index (χ3v) is 6.49. The molecular weight excluding hydrogens is 504 g/mol. The molecule has 0 saturated heterocycles. The number of benzene rings is 2. The van der Waals surface area contributed by atoms with Crippen molar-refractivity contribution in [2.75, 3.05) is 25.0 Å². The Labute approximate surface area is 228 Å². The largest absolute Gasteiger partial charge is 0.490 e. The fraction of sp³-hybridized carbons (Fsp3) is 0.414. The third-order valence-electron chi connectivity index (χ3n) is 6.25. The van der Waals surface area contributed by atoms with E-state index in [1.54, 1.807) is 34.8 Å². The molecule has 2 aromatic carbocycles. The van der Waals surface area contributed by atoms with Crippen LogP contribution in [-0.2, 0) is 18.3 Å². The second-order valence-electron chi connectivity index (χ2n) is 9.97. The lowest BCUT2D eigenvalue weighted by molar-refractivity contribution is -0.116. The minimum absolute atomic E-state index is 0.102. The predicted octanol–water partition coefficient (Wildman–Crippen LogP) is 6.10. The Morgan fingerprint density at radius 2 is 1.82 bits per heavy atom. The van der Waals surface area contributed by atoms with E-state index in [-0.39, 0.29) is 18.4 Å². The van der Waals surface area contributed by atoms with Gasteiger partial charge in [0.2, 0.25) is 5.91 Å². The molecule has 0 spiro atoms. The van der Waals surface area contributed by atoms with Crippen LogP contribution in [0.1, 0.15) is 55.7 Å². The first-order chi connectivity index (χ1) is 18.3. The second-order valence-corrected chi connectivity index (χ2v) is 10.4. The van der Waals surface area contributed by atoms with Crippen LogP contribution >= 0.6 is 11.6 Å². The lowest BCUT2D eigenvalue weighted by Gasteiger charge is -2.23. The van der Waals surface area contributed by atoms with Crippen LogP contribution in [-0.4, -0.2) is 46.2 Å². The monoisotopic (exact) mass is 538 g/mol. The lowest BCUT2D eigenvalue weighted by Crippen LogP contribution is -2.39. The van der Waals surface area contributed by atoms with Crippen molar-refractivity contribution in [2.24, 2.45) is 13.0 Å². The number of amides is 2. The van der Waals surface area contributed by atoms with Crippen LogP contribution in [0.2, 0.25) is 5.02 Å². The van der Waals surface area contributed by atoms with E-state index in [9.17, 15) is 9.59 Å². The van der Waals surface area contributed by atoms with Gasteiger partial charge in [0.1, 0.15) is 12.2 Å². The van der Waals surface area contributed by atoms with Gasteiger partial charge in [-0.3, -0.25) is 14.3 Å². The highest BCUT2D eigenvalue weighted by Gasteiger charge is 2.23. The molecule has 8 nitrogen and oxygen atoms in total. The van der Waals surface area contributed by atoms with E-state index >= 15 is 0 Å². The maximum atomic E-state index is 13.6. The van der Waals surface area contributed by atoms with Gasteiger partial charge in [0.25, 0.3) is 5.91 Å². The van der Waals surface area contributed by atoms with Crippen LogP contribution < -0.4 is 14.8 Å². The summed E-state index contributed by atoms with van der Waals surface area (Å²) < 4.78 is 13.8. The van der Waals surface area contributed by atoms with Crippen molar-refractivity contribution in [1.82, 2.24) is 14.7 Å². The Kier molecular flexibility index (Phi) is 9.29. The number of ether oxygens (including phenoxy) is 2. The number of hydrogen-bond acceptors (Lipinski definition) is 5. The number of rotatable bonds is 3. The molecule has 1 aliphatic rings. The van der Waals surface area contributed by atoms with Gasteiger partial charge < -0.3 is 19.7 Å². The number of carbonyl (C=O) groups is 2. The second kappa shape index (κ2) is 12.8. The summed E-state index contributed by atoms with van der Waals surface area (Å²) in [7, 11) is 1.77. The molecule has 1 aromatic heterocycles. The first-order valence-corrected chi connectivity index (χ1v) is 13.5. The van der Waals surface area contributed by atoms with Crippen LogP contribution in [0.25, 0.3) is 0 Å². The standard InChI is InChI=1S/C29H35ClN4O4/c1-20(2)16-22-18-24(33(3)32-22)29(36)34-14-8-4-5-9-15-37-26-10-6-7-11-27(26)38-25-13-12-21(30)17-23(25)31-28(35)19-34/h6-7,10-13,17-18,20H,4-5,8-9,14-16,19H2,1-3H3,(H,31,35). The summed E-state index contributed by atoms with van der Waals surface area (Å²) in [6.07, 6.45) is 4.29. The van der Waals surface area contributed by atoms with Gasteiger partial charge in [0, 0.05) is 18.6 Å². The molecule has 0 aliphatic carbocycles. The zero-order valence-corrected chi connectivity index (χ0v) is 23.0. The minimum atomic E-state index is -0.341. The summed E-state index contributed by atoms with van der Waals surface area (Å²) in [5, 5.41) is 7.85. The fourth-order valence-electron chi connectivity index (χ4n) is 4.42. The van der Waals surface area contributed by atoms with Crippen LogP contribution in [0.4, 0.5) is 5.69 Å². The van der Waals surface area contributed by atoms with E-state index in [1.807, 2.05) is 30.3 Å². The summed E-state index contributed by atoms with van der Waals surface area (Å²) in [6, 6.07) is 14.3. The molecule has 2 amide bonds. The molecule has 0 atom stereocenters. The molecule has 2 heterocycles. The average Bonchev–Trinajstić information content (AvgIpc) is 3.23. The summed E-state index contributed by atoms with van der Waals surface area (Å²) in [5.74, 6) is 1.47. The number of halogens is 1. The van der Waals surface area contributed by atoms with Crippen molar-refractivity contribution in [1.29, 1.82) is 0 Å². The predicted molar refractivity (Wildman–Crippen MR) is 148 cm³/mol. The third kappa shape index (κ3) is 7.28. The molecule has 38 heavy (non-hydrogen) atoms. The molecule has 0 unspecified atom stereocenters. The molecule has 0 fully saturated rings. The van der Waals surface area contributed by atoms with Crippen molar-refractivity contribution in [3.05, 3.63) is 64.9 Å². The van der Waals surface area contributed by atoms with E-state index in [2.05, 4.69) is 24.3 Å². The topological polar surface area (TPSA) is 85.7 Å². The van der Waals surface area contributed by atoms with Gasteiger partial charge in [-0.05, 0) is 61.6 Å². The molecule has 0 radical (unpaired) electrons. The first kappa shape index (κ1) is 27.5. The molecule has 202 valence electrons. The highest BCUT2D eigenvalue weighted by molar-refractivity contribution is 6.31. The van der Waals surface area contributed by atoms with Crippen molar-refractivity contribution in [2.45, 2.75) is 46.0 Å². The molecule has 4 rings (SSSR count). The Bertz CT molecular complexity index is 1270. The number of para-hydroxylation sites is 2. The lowest BCUT2D eigenvalue weighted by atomic mass is 10.1. The Morgan fingerprint density at radius 3 is 2.61 bits per heavy atom. The number of nitrogens with zero attached hydrogens (tertiary/aromatic N) is 3.